The molecule has 1 fully saturated rings. The molecule has 1 saturated heterocycles. The maximum atomic E-state index is 13.6. The fraction of sp³-hybridized carbons (Fsp3) is 0.526. The van der Waals surface area contributed by atoms with Crippen molar-refractivity contribution in [3.05, 3.63) is 29.1 Å². The Kier molecular flexibility index (Phi) is 7.32. The highest BCUT2D eigenvalue weighted by molar-refractivity contribution is 5.86. The maximum Gasteiger partial charge on any atom is 0.314 e. The Labute approximate surface area is 163 Å². The number of carbonyl (C=O) groups excluding carboxylic acids is 3. The highest BCUT2D eigenvalue weighted by Crippen LogP contribution is 2.30. The molecular formula is C19H20F5NO4. The Morgan fingerprint density at radius 1 is 0.897 bits per heavy atom. The van der Waals surface area contributed by atoms with E-state index >= 15 is 0 Å². The number of piperidine rings is 1. The first-order valence-corrected chi connectivity index (χ1v) is 9.08. The zero-order chi connectivity index (χ0) is 21.9. The standard InChI is InChI=1S/C19H20F5NO4/c1-9(2)11(26)3-4-12(27)25-7-5-10(6-8-25)19(28)29-18-16(23)14(21)13(20)15(22)17(18)24/h9-10H,3-8H2,1-2H3. The Bertz CT molecular complexity index is 790. The molecule has 0 spiro atoms. The van der Waals surface area contributed by atoms with Gasteiger partial charge < -0.3 is 9.64 Å². The molecule has 160 valence electrons. The zero-order valence-electron chi connectivity index (χ0n) is 15.9. The fourth-order valence-corrected chi connectivity index (χ4v) is 2.90. The fourth-order valence-electron chi connectivity index (χ4n) is 2.90. The van der Waals surface area contributed by atoms with E-state index in [2.05, 4.69) is 4.74 Å². The molecule has 0 radical (unpaired) electrons. The largest absolute Gasteiger partial charge is 0.420 e. The molecule has 29 heavy (non-hydrogen) atoms. The number of esters is 1. The second-order valence-electron chi connectivity index (χ2n) is 7.10. The van der Waals surface area contributed by atoms with Gasteiger partial charge in [-0.1, -0.05) is 13.8 Å². The van der Waals surface area contributed by atoms with Gasteiger partial charge in [0.2, 0.25) is 40.7 Å². The van der Waals surface area contributed by atoms with Crippen molar-refractivity contribution in [2.75, 3.05) is 13.1 Å². The van der Waals surface area contributed by atoms with Gasteiger partial charge in [-0.3, -0.25) is 14.4 Å². The summed E-state index contributed by atoms with van der Waals surface area (Å²) in [7, 11) is 0. The molecular weight excluding hydrogens is 401 g/mol. The summed E-state index contributed by atoms with van der Waals surface area (Å²) in [6.07, 6.45) is 0.339. The molecule has 0 N–H and O–H groups in total. The minimum atomic E-state index is -2.34. The number of Topliss-reactive ketones (excluding diaryl/α,β-unsaturated/α-hetero) is 1. The molecule has 1 aromatic carbocycles. The smallest absolute Gasteiger partial charge is 0.314 e. The predicted octanol–water partition coefficient (Wildman–Crippen LogP) is 3.53. The van der Waals surface area contributed by atoms with Crippen LogP contribution in [-0.2, 0) is 14.4 Å². The van der Waals surface area contributed by atoms with E-state index in [-0.39, 0.29) is 56.4 Å². The Morgan fingerprint density at radius 3 is 1.86 bits per heavy atom. The van der Waals surface area contributed by atoms with Crippen molar-refractivity contribution in [2.45, 2.75) is 39.5 Å². The van der Waals surface area contributed by atoms with Crippen LogP contribution in [0.3, 0.4) is 0 Å². The van der Waals surface area contributed by atoms with E-state index < -0.39 is 46.7 Å². The number of ether oxygens (including phenoxy) is 1. The van der Waals surface area contributed by atoms with Gasteiger partial charge in [-0.05, 0) is 12.8 Å². The zero-order valence-corrected chi connectivity index (χ0v) is 15.9. The summed E-state index contributed by atoms with van der Waals surface area (Å²) < 4.78 is 71.1. The molecule has 0 aliphatic carbocycles. The lowest BCUT2D eigenvalue weighted by atomic mass is 9.96. The van der Waals surface area contributed by atoms with Crippen molar-refractivity contribution in [1.29, 1.82) is 0 Å². The number of nitrogens with zero attached hydrogens (tertiary/aromatic N) is 1. The molecule has 0 atom stereocenters. The van der Waals surface area contributed by atoms with Crippen LogP contribution in [0.15, 0.2) is 0 Å². The first-order chi connectivity index (χ1) is 13.5. The van der Waals surface area contributed by atoms with E-state index in [1.807, 2.05) is 0 Å². The summed E-state index contributed by atoms with van der Waals surface area (Å²) in [5.74, 6) is -15.3. The lowest BCUT2D eigenvalue weighted by Crippen LogP contribution is -2.41. The van der Waals surface area contributed by atoms with Crippen molar-refractivity contribution in [1.82, 2.24) is 4.90 Å². The molecule has 0 aromatic heterocycles. The van der Waals surface area contributed by atoms with Gasteiger partial charge in [0.1, 0.15) is 5.78 Å². The number of likely N-dealkylation sites (tertiary alicyclic amines) is 1. The number of halogens is 5. The third kappa shape index (κ3) is 5.10. The second-order valence-corrected chi connectivity index (χ2v) is 7.10. The number of rotatable bonds is 6. The molecule has 1 amide bonds. The van der Waals surface area contributed by atoms with E-state index in [0.717, 1.165) is 0 Å². The van der Waals surface area contributed by atoms with Crippen LogP contribution in [0.1, 0.15) is 39.5 Å². The van der Waals surface area contributed by atoms with Crippen LogP contribution in [0.25, 0.3) is 0 Å². The van der Waals surface area contributed by atoms with E-state index in [4.69, 9.17) is 0 Å². The maximum absolute atomic E-state index is 13.6. The van der Waals surface area contributed by atoms with Gasteiger partial charge in [0.05, 0.1) is 5.92 Å². The minimum Gasteiger partial charge on any atom is -0.420 e. The Hall–Kier alpha value is -2.52. The number of hydrogen-bond donors (Lipinski definition) is 0. The minimum absolute atomic E-state index is 0.0384. The first kappa shape index (κ1) is 22.8. The van der Waals surface area contributed by atoms with Crippen LogP contribution in [0, 0.1) is 40.9 Å². The first-order valence-electron chi connectivity index (χ1n) is 9.08. The van der Waals surface area contributed by atoms with Gasteiger partial charge in [0.25, 0.3) is 0 Å². The summed E-state index contributed by atoms with van der Waals surface area (Å²) in [4.78, 5) is 37.3. The molecule has 1 heterocycles. The van der Waals surface area contributed by atoms with E-state index in [0.29, 0.717) is 0 Å². The monoisotopic (exact) mass is 421 g/mol. The summed E-state index contributed by atoms with van der Waals surface area (Å²) >= 11 is 0. The van der Waals surface area contributed by atoms with Crippen molar-refractivity contribution < 1.29 is 41.1 Å². The number of carbonyl (C=O) groups is 3. The van der Waals surface area contributed by atoms with Crippen molar-refractivity contribution in [3.8, 4) is 5.75 Å². The summed E-state index contributed by atoms with van der Waals surface area (Å²) in [6.45, 7) is 3.75. The van der Waals surface area contributed by atoms with Crippen molar-refractivity contribution in [3.63, 3.8) is 0 Å². The van der Waals surface area contributed by atoms with Gasteiger partial charge in [-0.15, -0.1) is 0 Å². The van der Waals surface area contributed by atoms with Gasteiger partial charge in [-0.2, -0.15) is 8.78 Å². The van der Waals surface area contributed by atoms with E-state index in [1.54, 1.807) is 13.8 Å². The number of ketones is 1. The summed E-state index contributed by atoms with van der Waals surface area (Å²) in [5.41, 5.74) is 0. The lowest BCUT2D eigenvalue weighted by Gasteiger charge is -2.31. The van der Waals surface area contributed by atoms with Crippen LogP contribution in [0.2, 0.25) is 0 Å². The quantitative estimate of drug-likeness (QED) is 0.232. The lowest BCUT2D eigenvalue weighted by molar-refractivity contribution is -0.144. The Morgan fingerprint density at radius 2 is 1.38 bits per heavy atom. The highest BCUT2D eigenvalue weighted by Gasteiger charge is 2.33. The molecule has 2 rings (SSSR count). The number of amides is 1. The molecule has 0 unspecified atom stereocenters. The van der Waals surface area contributed by atoms with E-state index in [9.17, 15) is 36.3 Å². The van der Waals surface area contributed by atoms with Crippen LogP contribution < -0.4 is 4.74 Å². The predicted molar refractivity (Wildman–Crippen MR) is 90.3 cm³/mol. The van der Waals surface area contributed by atoms with E-state index in [1.165, 1.54) is 4.90 Å². The molecule has 1 aliphatic rings. The molecule has 1 aliphatic heterocycles. The van der Waals surface area contributed by atoms with Gasteiger partial charge >= 0.3 is 5.97 Å². The third-order valence-electron chi connectivity index (χ3n) is 4.78. The normalized spacial score (nSPS) is 15.0. The molecule has 0 saturated carbocycles. The summed E-state index contributed by atoms with van der Waals surface area (Å²) in [5, 5.41) is 0. The molecule has 0 bridgehead atoms. The number of benzene rings is 1. The highest BCUT2D eigenvalue weighted by atomic mass is 19.2. The average molecular weight is 421 g/mol. The van der Waals surface area contributed by atoms with Gasteiger partial charge in [0, 0.05) is 31.8 Å². The topological polar surface area (TPSA) is 63.7 Å². The summed E-state index contributed by atoms with van der Waals surface area (Å²) in [6, 6.07) is 0. The molecule has 10 heteroatoms. The van der Waals surface area contributed by atoms with Gasteiger partial charge in [0.15, 0.2) is 0 Å². The van der Waals surface area contributed by atoms with Crippen LogP contribution in [0.5, 0.6) is 5.75 Å². The van der Waals surface area contributed by atoms with Crippen LogP contribution >= 0.6 is 0 Å². The SMILES string of the molecule is CC(C)C(=O)CCC(=O)N1CCC(C(=O)Oc2c(F)c(F)c(F)c(F)c2F)CC1. The molecule has 1 aromatic rings. The van der Waals surface area contributed by atoms with Crippen LogP contribution in [0.4, 0.5) is 22.0 Å². The van der Waals surface area contributed by atoms with Gasteiger partial charge in [-0.25, -0.2) is 13.2 Å². The number of hydrogen-bond acceptors (Lipinski definition) is 4. The third-order valence-corrected chi connectivity index (χ3v) is 4.78. The Balaban J connectivity index is 1.94. The van der Waals surface area contributed by atoms with Crippen molar-refractivity contribution >= 4 is 17.7 Å². The van der Waals surface area contributed by atoms with Crippen LogP contribution in [-0.4, -0.2) is 35.6 Å². The molecule has 5 nitrogen and oxygen atoms in total. The van der Waals surface area contributed by atoms with Crippen molar-refractivity contribution in [2.24, 2.45) is 11.8 Å². The second kappa shape index (κ2) is 9.32. The average Bonchev–Trinajstić information content (AvgIpc) is 2.71.